The lowest BCUT2D eigenvalue weighted by molar-refractivity contribution is -0.122. The first kappa shape index (κ1) is 21.2. The number of benzene rings is 1. The van der Waals surface area contributed by atoms with Crippen molar-refractivity contribution >= 4 is 11.9 Å². The second kappa shape index (κ2) is 11.6. The number of nitrogens with one attached hydrogen (secondary N) is 3. The van der Waals surface area contributed by atoms with Crippen molar-refractivity contribution in [1.29, 1.82) is 0 Å². The number of hydrogen-bond donors (Lipinski definition) is 3. The molecule has 6 heteroatoms. The third-order valence-corrected chi connectivity index (χ3v) is 4.82. The summed E-state index contributed by atoms with van der Waals surface area (Å²) in [6, 6.07) is 8.51. The van der Waals surface area contributed by atoms with E-state index in [9.17, 15) is 4.79 Å². The number of hydrogen-bond acceptors (Lipinski definition) is 3. The average molecular weight is 374 g/mol. The van der Waals surface area contributed by atoms with Gasteiger partial charge in [-0.05, 0) is 44.0 Å². The number of aliphatic imine (C=N–C) groups is 1. The first-order valence-electron chi connectivity index (χ1n) is 10.3. The molecule has 150 valence electrons. The Hall–Kier alpha value is -2.08. The van der Waals surface area contributed by atoms with Crippen molar-refractivity contribution in [3.8, 4) is 0 Å². The molecule has 1 aliphatic carbocycles. The number of rotatable bonds is 11. The van der Waals surface area contributed by atoms with Crippen LogP contribution in [0.15, 0.2) is 29.3 Å². The maximum absolute atomic E-state index is 11.7. The number of carbonyl (C=O) groups excluding carboxylic acids is 1. The highest BCUT2D eigenvalue weighted by molar-refractivity contribution is 5.81. The predicted molar refractivity (Wildman–Crippen MR) is 112 cm³/mol. The van der Waals surface area contributed by atoms with Crippen LogP contribution >= 0.6 is 0 Å². The Morgan fingerprint density at radius 1 is 1.04 bits per heavy atom. The molecule has 0 spiro atoms. The molecule has 0 radical (unpaired) electrons. The molecule has 2 rings (SSSR count). The molecule has 0 aromatic heterocycles. The van der Waals surface area contributed by atoms with Gasteiger partial charge in [0.25, 0.3) is 0 Å². The van der Waals surface area contributed by atoms with Gasteiger partial charge in [-0.15, -0.1) is 0 Å². The minimum absolute atomic E-state index is 0.184. The maximum atomic E-state index is 11.7. The van der Waals surface area contributed by atoms with Gasteiger partial charge in [-0.1, -0.05) is 38.1 Å². The van der Waals surface area contributed by atoms with Crippen molar-refractivity contribution in [2.45, 2.75) is 46.7 Å². The Labute approximate surface area is 163 Å². The molecular weight excluding hydrogens is 338 g/mol. The highest BCUT2D eigenvalue weighted by atomic mass is 16.2. The number of amides is 1. The molecule has 3 N–H and O–H groups in total. The van der Waals surface area contributed by atoms with Crippen molar-refractivity contribution in [3.05, 3.63) is 35.4 Å². The van der Waals surface area contributed by atoms with Crippen LogP contribution in [-0.4, -0.2) is 49.5 Å². The van der Waals surface area contributed by atoms with Crippen LogP contribution in [0.5, 0.6) is 0 Å². The topological polar surface area (TPSA) is 68.8 Å². The molecule has 0 aliphatic heterocycles. The third-order valence-electron chi connectivity index (χ3n) is 4.82. The van der Waals surface area contributed by atoms with Crippen molar-refractivity contribution < 1.29 is 4.79 Å². The Bertz CT molecular complexity index is 608. The van der Waals surface area contributed by atoms with E-state index in [2.05, 4.69) is 65.9 Å². The SMILES string of the molecule is CCNC(=NCc1ccccc1CN(CC)CC)NCCNC(=O)C1CC1. The Morgan fingerprint density at radius 3 is 2.33 bits per heavy atom. The minimum atomic E-state index is 0.184. The lowest BCUT2D eigenvalue weighted by Gasteiger charge is -2.20. The van der Waals surface area contributed by atoms with Crippen molar-refractivity contribution in [1.82, 2.24) is 20.9 Å². The van der Waals surface area contributed by atoms with Gasteiger partial charge in [0.15, 0.2) is 5.96 Å². The molecule has 0 heterocycles. The van der Waals surface area contributed by atoms with Gasteiger partial charge in [-0.2, -0.15) is 0 Å². The van der Waals surface area contributed by atoms with Crippen LogP contribution < -0.4 is 16.0 Å². The van der Waals surface area contributed by atoms with Crippen LogP contribution in [0.4, 0.5) is 0 Å². The zero-order chi connectivity index (χ0) is 19.5. The van der Waals surface area contributed by atoms with E-state index >= 15 is 0 Å². The molecule has 27 heavy (non-hydrogen) atoms. The van der Waals surface area contributed by atoms with E-state index in [0.29, 0.717) is 19.6 Å². The summed E-state index contributed by atoms with van der Waals surface area (Å²) in [7, 11) is 0. The van der Waals surface area contributed by atoms with Gasteiger partial charge in [0, 0.05) is 32.1 Å². The summed E-state index contributed by atoms with van der Waals surface area (Å²) in [5.74, 6) is 1.23. The van der Waals surface area contributed by atoms with Gasteiger partial charge >= 0.3 is 0 Å². The van der Waals surface area contributed by atoms with Crippen LogP contribution in [0, 0.1) is 5.92 Å². The largest absolute Gasteiger partial charge is 0.357 e. The van der Waals surface area contributed by atoms with E-state index < -0.39 is 0 Å². The van der Waals surface area contributed by atoms with E-state index in [1.165, 1.54) is 11.1 Å². The van der Waals surface area contributed by atoms with Crippen LogP contribution in [0.1, 0.15) is 44.7 Å². The normalized spacial score (nSPS) is 14.3. The molecule has 0 atom stereocenters. The molecule has 6 nitrogen and oxygen atoms in total. The van der Waals surface area contributed by atoms with E-state index in [1.54, 1.807) is 0 Å². The lowest BCUT2D eigenvalue weighted by atomic mass is 10.1. The Balaban J connectivity index is 1.88. The first-order valence-corrected chi connectivity index (χ1v) is 10.3. The Kier molecular flexibility index (Phi) is 9.11. The van der Waals surface area contributed by atoms with Crippen LogP contribution in [-0.2, 0) is 17.9 Å². The summed E-state index contributed by atoms with van der Waals surface area (Å²) in [5, 5.41) is 9.55. The zero-order valence-electron chi connectivity index (χ0n) is 17.1. The van der Waals surface area contributed by atoms with Crippen LogP contribution in [0.2, 0.25) is 0 Å². The van der Waals surface area contributed by atoms with Crippen LogP contribution in [0.3, 0.4) is 0 Å². The van der Waals surface area contributed by atoms with E-state index in [1.807, 2.05) is 0 Å². The zero-order valence-corrected chi connectivity index (χ0v) is 17.1. The summed E-state index contributed by atoms with van der Waals surface area (Å²) in [4.78, 5) is 18.8. The van der Waals surface area contributed by atoms with Crippen molar-refractivity contribution in [2.24, 2.45) is 10.9 Å². The molecule has 1 aliphatic rings. The van der Waals surface area contributed by atoms with Gasteiger partial charge in [-0.25, -0.2) is 4.99 Å². The highest BCUT2D eigenvalue weighted by Gasteiger charge is 2.28. The van der Waals surface area contributed by atoms with Gasteiger partial charge in [0.1, 0.15) is 0 Å². The van der Waals surface area contributed by atoms with Gasteiger partial charge in [-0.3, -0.25) is 9.69 Å². The molecule has 0 bridgehead atoms. The molecular formula is C21H35N5O. The second-order valence-corrected chi connectivity index (χ2v) is 6.92. The molecule has 1 saturated carbocycles. The molecule has 0 saturated heterocycles. The van der Waals surface area contributed by atoms with Gasteiger partial charge in [0.2, 0.25) is 5.91 Å². The van der Waals surface area contributed by atoms with Crippen molar-refractivity contribution in [3.63, 3.8) is 0 Å². The quantitative estimate of drug-likeness (QED) is 0.316. The predicted octanol–water partition coefficient (Wildman–Crippen LogP) is 2.11. The van der Waals surface area contributed by atoms with Crippen LogP contribution in [0.25, 0.3) is 0 Å². The minimum Gasteiger partial charge on any atom is -0.357 e. The number of carbonyl (C=O) groups is 1. The maximum Gasteiger partial charge on any atom is 0.223 e. The molecule has 0 unspecified atom stereocenters. The van der Waals surface area contributed by atoms with E-state index in [-0.39, 0.29) is 11.8 Å². The summed E-state index contributed by atoms with van der Waals surface area (Å²) in [5.41, 5.74) is 2.58. The standard InChI is InChI=1S/C21H35N5O/c1-4-22-21(24-14-13-23-20(27)17-11-12-17)25-15-18-9-7-8-10-19(18)16-26(5-2)6-3/h7-10,17H,4-6,11-16H2,1-3H3,(H,23,27)(H2,22,24,25). The van der Waals surface area contributed by atoms with Crippen molar-refractivity contribution in [2.75, 3.05) is 32.7 Å². The fraction of sp³-hybridized carbons (Fsp3) is 0.619. The summed E-state index contributed by atoms with van der Waals surface area (Å²) < 4.78 is 0. The average Bonchev–Trinajstić information content (AvgIpc) is 3.53. The summed E-state index contributed by atoms with van der Waals surface area (Å²) >= 11 is 0. The third kappa shape index (κ3) is 7.59. The fourth-order valence-corrected chi connectivity index (χ4v) is 2.92. The van der Waals surface area contributed by atoms with E-state index in [4.69, 9.17) is 4.99 Å². The van der Waals surface area contributed by atoms with Gasteiger partial charge < -0.3 is 16.0 Å². The molecule has 1 aromatic rings. The fourth-order valence-electron chi connectivity index (χ4n) is 2.92. The highest BCUT2D eigenvalue weighted by Crippen LogP contribution is 2.28. The smallest absolute Gasteiger partial charge is 0.223 e. The Morgan fingerprint density at radius 2 is 1.70 bits per heavy atom. The summed E-state index contributed by atoms with van der Waals surface area (Å²) in [6.07, 6.45) is 2.08. The van der Waals surface area contributed by atoms with Gasteiger partial charge in [0.05, 0.1) is 6.54 Å². The number of nitrogens with zero attached hydrogens (tertiary/aromatic N) is 2. The molecule has 1 amide bonds. The monoisotopic (exact) mass is 373 g/mol. The lowest BCUT2D eigenvalue weighted by Crippen LogP contribution is -2.41. The van der Waals surface area contributed by atoms with E-state index in [0.717, 1.165) is 45.0 Å². The summed E-state index contributed by atoms with van der Waals surface area (Å²) in [6.45, 7) is 12.2. The second-order valence-electron chi connectivity index (χ2n) is 6.92. The molecule has 1 fully saturated rings. The number of guanidine groups is 1. The molecule has 1 aromatic carbocycles. The first-order chi connectivity index (χ1) is 13.2.